The molecule has 4 nitrogen and oxygen atoms in total. The Kier molecular flexibility index (Phi) is 5.50. The van der Waals surface area contributed by atoms with E-state index < -0.39 is 0 Å². The summed E-state index contributed by atoms with van der Waals surface area (Å²) < 4.78 is 0. The maximum atomic E-state index is 12.5. The Hall–Kier alpha value is -1.89. The zero-order valence-corrected chi connectivity index (χ0v) is 12.1. The molecule has 0 spiro atoms. The Bertz CT molecular complexity index is 451. The molecular formula is C15H21N3O. The predicted octanol–water partition coefficient (Wildman–Crippen LogP) is 2.99. The summed E-state index contributed by atoms with van der Waals surface area (Å²) in [4.78, 5) is 18.5. The van der Waals surface area contributed by atoms with Crippen LogP contribution in [0.5, 0.6) is 0 Å². The van der Waals surface area contributed by atoms with Crippen LogP contribution < -0.4 is 0 Å². The standard InChI is InChI=1S/C15H21N3O/c1-5-11(3)18(12(4)6-2)15(19)14-8-7-13(9-16)10-17-14/h7-8,10-12H,5-6H2,1-4H3. The highest BCUT2D eigenvalue weighted by molar-refractivity contribution is 5.92. The van der Waals surface area contributed by atoms with Crippen molar-refractivity contribution < 1.29 is 4.79 Å². The molecule has 0 aliphatic rings. The summed E-state index contributed by atoms with van der Waals surface area (Å²) >= 11 is 0. The van der Waals surface area contributed by atoms with Crippen LogP contribution in [0.2, 0.25) is 0 Å². The highest BCUT2D eigenvalue weighted by Gasteiger charge is 2.25. The third-order valence-corrected chi connectivity index (χ3v) is 3.48. The number of rotatable bonds is 5. The Morgan fingerprint density at radius 2 is 1.89 bits per heavy atom. The van der Waals surface area contributed by atoms with Crippen molar-refractivity contribution in [2.75, 3.05) is 0 Å². The monoisotopic (exact) mass is 259 g/mol. The van der Waals surface area contributed by atoms with Gasteiger partial charge in [0, 0.05) is 18.3 Å². The number of amides is 1. The molecular weight excluding hydrogens is 238 g/mol. The molecule has 0 aliphatic carbocycles. The molecule has 0 aromatic carbocycles. The predicted molar refractivity (Wildman–Crippen MR) is 74.6 cm³/mol. The maximum absolute atomic E-state index is 12.5. The van der Waals surface area contributed by atoms with Gasteiger partial charge in [-0.05, 0) is 38.8 Å². The summed E-state index contributed by atoms with van der Waals surface area (Å²) in [6.45, 7) is 8.24. The van der Waals surface area contributed by atoms with Crippen LogP contribution >= 0.6 is 0 Å². The van der Waals surface area contributed by atoms with Crippen LogP contribution in [0, 0.1) is 11.3 Å². The Balaban J connectivity index is 3.01. The lowest BCUT2D eigenvalue weighted by atomic mass is 10.1. The van der Waals surface area contributed by atoms with Crippen LogP contribution in [0.15, 0.2) is 18.3 Å². The van der Waals surface area contributed by atoms with Crippen molar-refractivity contribution in [1.29, 1.82) is 5.26 Å². The third-order valence-electron chi connectivity index (χ3n) is 3.48. The molecule has 1 heterocycles. The lowest BCUT2D eigenvalue weighted by Gasteiger charge is -2.33. The van der Waals surface area contributed by atoms with E-state index in [2.05, 4.69) is 18.8 Å². The molecule has 0 saturated carbocycles. The van der Waals surface area contributed by atoms with Gasteiger partial charge in [-0.25, -0.2) is 4.98 Å². The van der Waals surface area contributed by atoms with Crippen molar-refractivity contribution >= 4 is 5.91 Å². The number of carbonyl (C=O) groups is 1. The van der Waals surface area contributed by atoms with Crippen molar-refractivity contribution in [3.05, 3.63) is 29.6 Å². The Morgan fingerprint density at radius 3 is 2.26 bits per heavy atom. The number of carbonyl (C=O) groups excluding carboxylic acids is 1. The van der Waals surface area contributed by atoms with Gasteiger partial charge in [0.25, 0.3) is 5.91 Å². The minimum Gasteiger partial charge on any atom is -0.332 e. The second-order valence-electron chi connectivity index (χ2n) is 4.77. The average molecular weight is 259 g/mol. The minimum atomic E-state index is -0.0619. The van der Waals surface area contributed by atoms with Gasteiger partial charge >= 0.3 is 0 Å². The molecule has 1 rings (SSSR count). The number of hydrogen-bond donors (Lipinski definition) is 0. The molecule has 0 bridgehead atoms. The summed E-state index contributed by atoms with van der Waals surface area (Å²) in [5.74, 6) is -0.0619. The fourth-order valence-electron chi connectivity index (χ4n) is 1.95. The summed E-state index contributed by atoms with van der Waals surface area (Å²) in [6.07, 6.45) is 3.26. The zero-order chi connectivity index (χ0) is 14.4. The molecule has 1 aromatic rings. The van der Waals surface area contributed by atoms with E-state index in [0.717, 1.165) is 12.8 Å². The molecule has 2 unspecified atom stereocenters. The van der Waals surface area contributed by atoms with Gasteiger partial charge in [-0.15, -0.1) is 0 Å². The van der Waals surface area contributed by atoms with E-state index >= 15 is 0 Å². The molecule has 0 fully saturated rings. The number of hydrogen-bond acceptors (Lipinski definition) is 3. The summed E-state index contributed by atoms with van der Waals surface area (Å²) in [6, 6.07) is 5.62. The first-order valence-corrected chi connectivity index (χ1v) is 6.73. The molecule has 19 heavy (non-hydrogen) atoms. The lowest BCUT2D eigenvalue weighted by Crippen LogP contribution is -2.44. The van der Waals surface area contributed by atoms with Crippen molar-refractivity contribution in [1.82, 2.24) is 9.88 Å². The fraction of sp³-hybridized carbons (Fsp3) is 0.533. The van der Waals surface area contributed by atoms with Crippen LogP contribution in [-0.4, -0.2) is 27.9 Å². The molecule has 2 atom stereocenters. The largest absolute Gasteiger partial charge is 0.332 e. The first kappa shape index (κ1) is 15.2. The van der Waals surface area contributed by atoms with Crippen molar-refractivity contribution in [3.63, 3.8) is 0 Å². The van der Waals surface area contributed by atoms with Gasteiger partial charge in [-0.1, -0.05) is 13.8 Å². The van der Waals surface area contributed by atoms with Crippen LogP contribution in [0.4, 0.5) is 0 Å². The van der Waals surface area contributed by atoms with Gasteiger partial charge in [0.15, 0.2) is 0 Å². The normalized spacial score (nSPS) is 13.4. The van der Waals surface area contributed by atoms with Gasteiger partial charge in [0.05, 0.1) is 5.56 Å². The van der Waals surface area contributed by atoms with Crippen LogP contribution in [0.3, 0.4) is 0 Å². The SMILES string of the molecule is CCC(C)N(C(=O)c1ccc(C#N)cn1)C(C)CC. The van der Waals surface area contributed by atoms with E-state index in [-0.39, 0.29) is 18.0 Å². The van der Waals surface area contributed by atoms with E-state index in [1.807, 2.05) is 24.8 Å². The molecule has 0 aliphatic heterocycles. The average Bonchev–Trinajstić information content (AvgIpc) is 2.46. The summed E-state index contributed by atoms with van der Waals surface area (Å²) in [5.41, 5.74) is 0.870. The van der Waals surface area contributed by atoms with Gasteiger partial charge in [-0.3, -0.25) is 4.79 Å². The van der Waals surface area contributed by atoms with E-state index in [1.165, 1.54) is 6.20 Å². The van der Waals surface area contributed by atoms with Gasteiger partial charge in [0.2, 0.25) is 0 Å². The highest BCUT2D eigenvalue weighted by Crippen LogP contribution is 2.15. The molecule has 0 radical (unpaired) electrons. The van der Waals surface area contributed by atoms with Crippen molar-refractivity contribution in [2.45, 2.75) is 52.6 Å². The fourth-order valence-corrected chi connectivity index (χ4v) is 1.95. The van der Waals surface area contributed by atoms with Crippen molar-refractivity contribution in [2.24, 2.45) is 0 Å². The second kappa shape index (κ2) is 6.89. The topological polar surface area (TPSA) is 57.0 Å². The quantitative estimate of drug-likeness (QED) is 0.816. The third kappa shape index (κ3) is 3.54. The van der Waals surface area contributed by atoms with Gasteiger partial charge < -0.3 is 4.90 Å². The minimum absolute atomic E-state index is 0.0619. The Labute approximate surface area is 115 Å². The van der Waals surface area contributed by atoms with Crippen LogP contribution in [0.1, 0.15) is 56.6 Å². The smallest absolute Gasteiger partial charge is 0.272 e. The number of pyridine rings is 1. The summed E-state index contributed by atoms with van der Waals surface area (Å²) in [7, 11) is 0. The first-order chi connectivity index (χ1) is 9.04. The van der Waals surface area contributed by atoms with E-state index in [1.54, 1.807) is 12.1 Å². The number of aromatic nitrogens is 1. The van der Waals surface area contributed by atoms with Crippen LogP contribution in [0.25, 0.3) is 0 Å². The Morgan fingerprint density at radius 1 is 1.32 bits per heavy atom. The van der Waals surface area contributed by atoms with E-state index in [4.69, 9.17) is 5.26 Å². The molecule has 0 saturated heterocycles. The van der Waals surface area contributed by atoms with Crippen molar-refractivity contribution in [3.8, 4) is 6.07 Å². The highest BCUT2D eigenvalue weighted by atomic mass is 16.2. The van der Waals surface area contributed by atoms with E-state index in [9.17, 15) is 4.79 Å². The second-order valence-corrected chi connectivity index (χ2v) is 4.77. The number of nitrogens with zero attached hydrogens (tertiary/aromatic N) is 3. The summed E-state index contributed by atoms with van der Waals surface area (Å²) in [5, 5.41) is 8.74. The van der Waals surface area contributed by atoms with Crippen LogP contribution in [-0.2, 0) is 0 Å². The molecule has 1 amide bonds. The maximum Gasteiger partial charge on any atom is 0.272 e. The molecule has 102 valence electrons. The first-order valence-electron chi connectivity index (χ1n) is 6.73. The molecule has 0 N–H and O–H groups in total. The zero-order valence-electron chi connectivity index (χ0n) is 12.1. The van der Waals surface area contributed by atoms with Gasteiger partial charge in [0.1, 0.15) is 11.8 Å². The van der Waals surface area contributed by atoms with E-state index in [0.29, 0.717) is 11.3 Å². The molecule has 4 heteroatoms. The molecule has 1 aromatic heterocycles. The lowest BCUT2D eigenvalue weighted by molar-refractivity contribution is 0.0592. The van der Waals surface area contributed by atoms with Gasteiger partial charge in [-0.2, -0.15) is 5.26 Å². The number of nitriles is 1.